The molecule has 4 heteroatoms. The number of fused-ring (bicyclic) bond motifs is 1. The molecule has 1 aromatic rings. The smallest absolute Gasteiger partial charge is 0.161 e. The van der Waals surface area contributed by atoms with Crippen LogP contribution in [0.4, 0.5) is 0 Å². The van der Waals surface area contributed by atoms with Gasteiger partial charge in [-0.25, -0.2) is 0 Å². The van der Waals surface area contributed by atoms with Gasteiger partial charge in [-0.05, 0) is 50.6 Å². The number of ether oxygens (including phenoxy) is 3. The van der Waals surface area contributed by atoms with Crippen molar-refractivity contribution in [3.63, 3.8) is 0 Å². The van der Waals surface area contributed by atoms with E-state index in [1.807, 2.05) is 20.9 Å². The largest absolute Gasteiger partial charge is 0.490 e. The summed E-state index contributed by atoms with van der Waals surface area (Å²) in [5.74, 6) is 1.66. The Balaban J connectivity index is 2.41. The van der Waals surface area contributed by atoms with Crippen molar-refractivity contribution in [1.29, 1.82) is 0 Å². The van der Waals surface area contributed by atoms with Gasteiger partial charge in [0.25, 0.3) is 0 Å². The van der Waals surface area contributed by atoms with E-state index in [0.29, 0.717) is 19.8 Å². The Morgan fingerprint density at radius 1 is 1.21 bits per heavy atom. The topological polar surface area (TPSA) is 39.7 Å². The number of likely N-dealkylation sites (N-methyl/N-ethyl adjacent to an activating group) is 1. The standard InChI is InChI=1S/C15H23NO3/c1-4-18-14-8-11-6-7-17-10-13(16-3)12(11)9-15(14)19-5-2/h8-9,13,16H,4-7,10H2,1-3H3. The molecular weight excluding hydrogens is 242 g/mol. The third-order valence-electron chi connectivity index (χ3n) is 3.33. The highest BCUT2D eigenvalue weighted by atomic mass is 16.5. The first-order valence-corrected chi connectivity index (χ1v) is 6.97. The second-order valence-corrected chi connectivity index (χ2v) is 4.53. The van der Waals surface area contributed by atoms with Gasteiger partial charge in [0.05, 0.1) is 32.5 Å². The zero-order chi connectivity index (χ0) is 13.7. The Morgan fingerprint density at radius 3 is 2.53 bits per heavy atom. The van der Waals surface area contributed by atoms with Gasteiger partial charge in [-0.3, -0.25) is 0 Å². The first-order chi connectivity index (χ1) is 9.30. The van der Waals surface area contributed by atoms with Crippen molar-refractivity contribution in [2.24, 2.45) is 0 Å². The fourth-order valence-electron chi connectivity index (χ4n) is 2.41. The molecule has 1 aromatic carbocycles. The normalized spacial score (nSPS) is 18.6. The quantitative estimate of drug-likeness (QED) is 0.887. The van der Waals surface area contributed by atoms with Crippen LogP contribution in [0, 0.1) is 0 Å². The van der Waals surface area contributed by atoms with Crippen LogP contribution in [0.5, 0.6) is 11.5 Å². The Bertz CT molecular complexity index is 420. The van der Waals surface area contributed by atoms with E-state index in [4.69, 9.17) is 14.2 Å². The minimum atomic E-state index is 0.215. The molecule has 4 nitrogen and oxygen atoms in total. The van der Waals surface area contributed by atoms with E-state index < -0.39 is 0 Å². The summed E-state index contributed by atoms with van der Waals surface area (Å²) in [5, 5.41) is 3.30. The van der Waals surface area contributed by atoms with Gasteiger partial charge in [-0.1, -0.05) is 0 Å². The monoisotopic (exact) mass is 265 g/mol. The van der Waals surface area contributed by atoms with Crippen LogP contribution < -0.4 is 14.8 Å². The number of hydrogen-bond donors (Lipinski definition) is 1. The summed E-state index contributed by atoms with van der Waals surface area (Å²) >= 11 is 0. The second-order valence-electron chi connectivity index (χ2n) is 4.53. The molecule has 1 atom stereocenters. The van der Waals surface area contributed by atoms with Crippen molar-refractivity contribution < 1.29 is 14.2 Å². The minimum absolute atomic E-state index is 0.215. The highest BCUT2D eigenvalue weighted by Gasteiger charge is 2.21. The van der Waals surface area contributed by atoms with E-state index in [2.05, 4.69) is 17.4 Å². The molecule has 1 aliphatic heterocycles. The average molecular weight is 265 g/mol. The van der Waals surface area contributed by atoms with Crippen LogP contribution in [0.25, 0.3) is 0 Å². The maximum atomic E-state index is 5.70. The van der Waals surface area contributed by atoms with Crippen molar-refractivity contribution >= 4 is 0 Å². The van der Waals surface area contributed by atoms with Gasteiger partial charge >= 0.3 is 0 Å². The van der Waals surface area contributed by atoms with E-state index in [-0.39, 0.29) is 6.04 Å². The van der Waals surface area contributed by atoms with E-state index in [1.165, 1.54) is 11.1 Å². The molecule has 1 aliphatic rings. The van der Waals surface area contributed by atoms with Crippen molar-refractivity contribution in [2.75, 3.05) is 33.5 Å². The Labute approximate surface area is 115 Å². The fourth-order valence-corrected chi connectivity index (χ4v) is 2.41. The Hall–Kier alpha value is -1.26. The Morgan fingerprint density at radius 2 is 1.89 bits per heavy atom. The molecule has 1 unspecified atom stereocenters. The minimum Gasteiger partial charge on any atom is -0.490 e. The van der Waals surface area contributed by atoms with Crippen molar-refractivity contribution in [3.05, 3.63) is 23.3 Å². The first kappa shape index (κ1) is 14.2. The molecule has 0 aromatic heterocycles. The molecule has 0 saturated heterocycles. The van der Waals surface area contributed by atoms with E-state index in [0.717, 1.165) is 24.5 Å². The van der Waals surface area contributed by atoms with Crippen LogP contribution >= 0.6 is 0 Å². The lowest BCUT2D eigenvalue weighted by atomic mass is 9.98. The fraction of sp³-hybridized carbons (Fsp3) is 0.600. The summed E-state index contributed by atoms with van der Waals surface area (Å²) in [6.07, 6.45) is 0.917. The van der Waals surface area contributed by atoms with E-state index in [1.54, 1.807) is 0 Å². The van der Waals surface area contributed by atoms with E-state index in [9.17, 15) is 0 Å². The Kier molecular flexibility index (Phi) is 5.05. The number of benzene rings is 1. The molecule has 0 fully saturated rings. The SMILES string of the molecule is CCOc1cc2c(cc1OCC)C(NC)COCC2. The van der Waals surface area contributed by atoms with Crippen molar-refractivity contribution in [2.45, 2.75) is 26.3 Å². The van der Waals surface area contributed by atoms with Gasteiger partial charge in [0, 0.05) is 0 Å². The number of hydrogen-bond acceptors (Lipinski definition) is 4. The molecule has 1 heterocycles. The molecule has 106 valence electrons. The number of nitrogens with one attached hydrogen (secondary N) is 1. The summed E-state index contributed by atoms with van der Waals surface area (Å²) in [7, 11) is 1.96. The third-order valence-corrected chi connectivity index (χ3v) is 3.33. The third kappa shape index (κ3) is 3.19. The summed E-state index contributed by atoms with van der Waals surface area (Å²) in [6.45, 7) is 6.71. The lowest BCUT2D eigenvalue weighted by molar-refractivity contribution is 0.123. The average Bonchev–Trinajstić information content (AvgIpc) is 2.61. The molecule has 0 radical (unpaired) electrons. The molecule has 1 N–H and O–H groups in total. The van der Waals surface area contributed by atoms with Gasteiger partial charge in [-0.2, -0.15) is 0 Å². The van der Waals surface area contributed by atoms with Crippen LogP contribution in [-0.4, -0.2) is 33.5 Å². The van der Waals surface area contributed by atoms with Crippen molar-refractivity contribution in [1.82, 2.24) is 5.32 Å². The van der Waals surface area contributed by atoms with Crippen molar-refractivity contribution in [3.8, 4) is 11.5 Å². The zero-order valence-corrected chi connectivity index (χ0v) is 12.0. The van der Waals surface area contributed by atoms with Gasteiger partial charge in [0.15, 0.2) is 11.5 Å². The lowest BCUT2D eigenvalue weighted by Gasteiger charge is -2.19. The first-order valence-electron chi connectivity index (χ1n) is 6.97. The highest BCUT2D eigenvalue weighted by molar-refractivity contribution is 5.49. The molecule has 0 saturated carbocycles. The molecule has 0 spiro atoms. The molecular formula is C15H23NO3. The van der Waals surface area contributed by atoms with Gasteiger partial charge in [0.1, 0.15) is 0 Å². The number of rotatable bonds is 5. The predicted molar refractivity (Wildman–Crippen MR) is 75.1 cm³/mol. The molecule has 19 heavy (non-hydrogen) atoms. The summed E-state index contributed by atoms with van der Waals surface area (Å²) < 4.78 is 17.0. The molecule has 0 bridgehead atoms. The van der Waals surface area contributed by atoms with Crippen LogP contribution in [-0.2, 0) is 11.2 Å². The van der Waals surface area contributed by atoms with Gasteiger partial charge in [0.2, 0.25) is 0 Å². The van der Waals surface area contributed by atoms with Crippen LogP contribution in [0.15, 0.2) is 12.1 Å². The van der Waals surface area contributed by atoms with E-state index >= 15 is 0 Å². The zero-order valence-electron chi connectivity index (χ0n) is 12.0. The molecule has 0 aliphatic carbocycles. The summed E-state index contributed by atoms with van der Waals surface area (Å²) in [4.78, 5) is 0. The maximum Gasteiger partial charge on any atom is 0.161 e. The highest BCUT2D eigenvalue weighted by Crippen LogP contribution is 2.35. The summed E-state index contributed by atoms with van der Waals surface area (Å²) in [5.41, 5.74) is 2.54. The van der Waals surface area contributed by atoms with Gasteiger partial charge < -0.3 is 19.5 Å². The predicted octanol–water partition coefficient (Wildman–Crippen LogP) is 2.32. The molecule has 2 rings (SSSR count). The van der Waals surface area contributed by atoms with Crippen LogP contribution in [0.1, 0.15) is 31.0 Å². The maximum absolute atomic E-state index is 5.70. The van der Waals surface area contributed by atoms with Gasteiger partial charge in [-0.15, -0.1) is 0 Å². The van der Waals surface area contributed by atoms with Crippen LogP contribution in [0.2, 0.25) is 0 Å². The second kappa shape index (κ2) is 6.78. The summed E-state index contributed by atoms with van der Waals surface area (Å²) in [6, 6.07) is 4.41. The molecule has 0 amide bonds. The van der Waals surface area contributed by atoms with Crippen LogP contribution in [0.3, 0.4) is 0 Å². The lowest BCUT2D eigenvalue weighted by Crippen LogP contribution is -2.21.